The molecular weight excluding hydrogens is 286 g/mol. The van der Waals surface area contributed by atoms with E-state index in [1.807, 2.05) is 37.3 Å². The second-order valence-corrected chi connectivity index (χ2v) is 5.55. The van der Waals surface area contributed by atoms with Crippen LogP contribution in [0.3, 0.4) is 0 Å². The standard InChI is InChI=1S/C17H14ClNO2/c1-10-6-8-11(9-7-10)19-15-14(18)16(20)12-4-2-3-5-13(12)17(15)21/h3,5-9,19H,2,4H2,1H3. The highest BCUT2D eigenvalue weighted by Gasteiger charge is 2.33. The molecule has 1 aromatic carbocycles. The van der Waals surface area contributed by atoms with Crippen molar-refractivity contribution >= 4 is 28.9 Å². The molecular formula is C17H14ClNO2. The molecule has 1 aromatic rings. The molecule has 0 heterocycles. The van der Waals surface area contributed by atoms with Gasteiger partial charge >= 0.3 is 0 Å². The lowest BCUT2D eigenvalue weighted by atomic mass is 9.86. The van der Waals surface area contributed by atoms with Crippen molar-refractivity contribution in [3.8, 4) is 0 Å². The zero-order chi connectivity index (χ0) is 15.0. The van der Waals surface area contributed by atoms with E-state index in [1.165, 1.54) is 0 Å². The third-order valence-electron chi connectivity index (χ3n) is 3.66. The van der Waals surface area contributed by atoms with Gasteiger partial charge < -0.3 is 5.32 Å². The fourth-order valence-corrected chi connectivity index (χ4v) is 2.73. The molecule has 106 valence electrons. The number of anilines is 1. The lowest BCUT2D eigenvalue weighted by molar-refractivity contribution is -0.116. The molecule has 21 heavy (non-hydrogen) atoms. The predicted octanol–water partition coefficient (Wildman–Crippen LogP) is 3.66. The summed E-state index contributed by atoms with van der Waals surface area (Å²) in [6, 6.07) is 7.56. The number of halogens is 1. The van der Waals surface area contributed by atoms with Crippen LogP contribution in [-0.4, -0.2) is 11.6 Å². The summed E-state index contributed by atoms with van der Waals surface area (Å²) in [5, 5.41) is 2.96. The number of hydrogen-bond donors (Lipinski definition) is 1. The molecule has 0 saturated heterocycles. The maximum Gasteiger partial charge on any atom is 0.211 e. The summed E-state index contributed by atoms with van der Waals surface area (Å²) in [6.07, 6.45) is 4.97. The molecule has 0 amide bonds. The molecule has 2 aliphatic carbocycles. The maximum absolute atomic E-state index is 12.5. The average molecular weight is 300 g/mol. The first-order chi connectivity index (χ1) is 10.1. The normalized spacial score (nSPS) is 18.2. The number of hydrogen-bond acceptors (Lipinski definition) is 3. The number of ketones is 2. The minimum Gasteiger partial charge on any atom is -0.351 e. The molecule has 0 aromatic heterocycles. The third kappa shape index (κ3) is 2.45. The minimum atomic E-state index is -0.245. The summed E-state index contributed by atoms with van der Waals surface area (Å²) in [5.41, 5.74) is 3.01. The molecule has 4 heteroatoms. The summed E-state index contributed by atoms with van der Waals surface area (Å²) in [6.45, 7) is 1.98. The lowest BCUT2D eigenvalue weighted by Crippen LogP contribution is -2.26. The van der Waals surface area contributed by atoms with Gasteiger partial charge in [0.05, 0.1) is 0 Å². The maximum atomic E-state index is 12.5. The van der Waals surface area contributed by atoms with Crippen molar-refractivity contribution in [2.75, 3.05) is 5.32 Å². The average Bonchev–Trinajstić information content (AvgIpc) is 2.51. The molecule has 3 rings (SSSR count). The van der Waals surface area contributed by atoms with Gasteiger partial charge in [-0.15, -0.1) is 0 Å². The summed E-state index contributed by atoms with van der Waals surface area (Å²) in [5.74, 6) is -0.462. The summed E-state index contributed by atoms with van der Waals surface area (Å²) in [4.78, 5) is 24.8. The van der Waals surface area contributed by atoms with E-state index in [9.17, 15) is 9.59 Å². The molecule has 0 aliphatic heterocycles. The number of rotatable bonds is 2. The fraction of sp³-hybridized carbons (Fsp3) is 0.176. The van der Waals surface area contributed by atoms with Gasteiger partial charge in [0, 0.05) is 16.8 Å². The van der Waals surface area contributed by atoms with Crippen LogP contribution in [0.5, 0.6) is 0 Å². The van der Waals surface area contributed by atoms with Gasteiger partial charge in [0.15, 0.2) is 0 Å². The molecule has 0 saturated carbocycles. The van der Waals surface area contributed by atoms with Crippen molar-refractivity contribution in [3.63, 3.8) is 0 Å². The molecule has 1 N–H and O–H groups in total. The topological polar surface area (TPSA) is 46.2 Å². The van der Waals surface area contributed by atoms with E-state index in [2.05, 4.69) is 5.32 Å². The van der Waals surface area contributed by atoms with Crippen LogP contribution in [0.15, 0.2) is 58.3 Å². The highest BCUT2D eigenvalue weighted by Crippen LogP contribution is 2.33. The predicted molar refractivity (Wildman–Crippen MR) is 83.1 cm³/mol. The molecule has 3 nitrogen and oxygen atoms in total. The number of benzene rings is 1. The Hall–Kier alpha value is -2.13. The number of carbonyl (C=O) groups excluding carboxylic acids is 2. The van der Waals surface area contributed by atoms with Crippen LogP contribution >= 0.6 is 11.6 Å². The Labute approximate surface area is 128 Å². The Bertz CT molecular complexity index is 724. The SMILES string of the molecule is Cc1ccc(NC2=C(Cl)C(=O)C3=C(C=CCC3)C2=O)cc1. The Morgan fingerprint density at radius 2 is 1.81 bits per heavy atom. The van der Waals surface area contributed by atoms with Crippen molar-refractivity contribution < 1.29 is 9.59 Å². The van der Waals surface area contributed by atoms with Crippen LogP contribution < -0.4 is 5.32 Å². The van der Waals surface area contributed by atoms with E-state index in [0.29, 0.717) is 17.6 Å². The molecule has 0 fully saturated rings. The zero-order valence-corrected chi connectivity index (χ0v) is 12.3. The number of carbonyl (C=O) groups is 2. The van der Waals surface area contributed by atoms with Gasteiger partial charge in [-0.3, -0.25) is 9.59 Å². The highest BCUT2D eigenvalue weighted by molar-refractivity contribution is 6.50. The van der Waals surface area contributed by atoms with Crippen LogP contribution in [0, 0.1) is 6.92 Å². The van der Waals surface area contributed by atoms with Crippen molar-refractivity contribution in [3.05, 3.63) is 63.9 Å². The summed E-state index contributed by atoms with van der Waals surface area (Å²) < 4.78 is 0. The van der Waals surface area contributed by atoms with E-state index in [0.717, 1.165) is 17.7 Å². The lowest BCUT2D eigenvalue weighted by Gasteiger charge is -2.22. The Kier molecular flexibility index (Phi) is 3.52. The Morgan fingerprint density at radius 1 is 1.10 bits per heavy atom. The van der Waals surface area contributed by atoms with Gasteiger partial charge in [0.1, 0.15) is 10.7 Å². The van der Waals surface area contributed by atoms with Crippen molar-refractivity contribution in [2.45, 2.75) is 19.8 Å². The van der Waals surface area contributed by atoms with Crippen LogP contribution in [0.2, 0.25) is 0 Å². The highest BCUT2D eigenvalue weighted by atomic mass is 35.5. The smallest absolute Gasteiger partial charge is 0.211 e. The van der Waals surface area contributed by atoms with Gasteiger partial charge in [0.2, 0.25) is 11.6 Å². The number of nitrogens with one attached hydrogen (secondary N) is 1. The first-order valence-corrected chi connectivity index (χ1v) is 7.18. The van der Waals surface area contributed by atoms with E-state index >= 15 is 0 Å². The molecule has 0 unspecified atom stereocenters. The van der Waals surface area contributed by atoms with Crippen LogP contribution in [0.1, 0.15) is 18.4 Å². The first-order valence-electron chi connectivity index (χ1n) is 6.80. The van der Waals surface area contributed by atoms with E-state index in [-0.39, 0.29) is 22.3 Å². The van der Waals surface area contributed by atoms with Crippen LogP contribution in [0.4, 0.5) is 5.69 Å². The minimum absolute atomic E-state index is 0.0189. The number of allylic oxidation sites excluding steroid dienone is 5. The van der Waals surface area contributed by atoms with Crippen molar-refractivity contribution in [1.29, 1.82) is 0 Å². The third-order valence-corrected chi connectivity index (χ3v) is 4.02. The van der Waals surface area contributed by atoms with Crippen LogP contribution in [0.25, 0.3) is 0 Å². The largest absolute Gasteiger partial charge is 0.351 e. The fourth-order valence-electron chi connectivity index (χ4n) is 2.49. The Balaban J connectivity index is 1.96. The van der Waals surface area contributed by atoms with Crippen LogP contribution in [-0.2, 0) is 9.59 Å². The molecule has 0 bridgehead atoms. The summed E-state index contributed by atoms with van der Waals surface area (Å²) in [7, 11) is 0. The quantitative estimate of drug-likeness (QED) is 0.848. The second-order valence-electron chi connectivity index (χ2n) is 5.17. The molecule has 0 spiro atoms. The second kappa shape index (κ2) is 5.34. The summed E-state index contributed by atoms with van der Waals surface area (Å²) >= 11 is 6.12. The van der Waals surface area contributed by atoms with Gasteiger partial charge in [0.25, 0.3) is 0 Å². The van der Waals surface area contributed by atoms with Crippen molar-refractivity contribution in [2.24, 2.45) is 0 Å². The van der Waals surface area contributed by atoms with E-state index in [4.69, 9.17) is 11.6 Å². The van der Waals surface area contributed by atoms with E-state index in [1.54, 1.807) is 6.08 Å². The van der Waals surface area contributed by atoms with E-state index < -0.39 is 0 Å². The van der Waals surface area contributed by atoms with Gasteiger partial charge in [-0.2, -0.15) is 0 Å². The number of aryl methyl sites for hydroxylation is 1. The molecule has 0 atom stereocenters. The van der Waals surface area contributed by atoms with Gasteiger partial charge in [-0.1, -0.05) is 41.4 Å². The number of Topliss-reactive ketones (excluding diaryl/α,β-unsaturated/α-hetero) is 2. The van der Waals surface area contributed by atoms with Crippen molar-refractivity contribution in [1.82, 2.24) is 0 Å². The Morgan fingerprint density at radius 3 is 2.52 bits per heavy atom. The first kappa shape index (κ1) is 13.8. The van der Waals surface area contributed by atoms with Gasteiger partial charge in [-0.25, -0.2) is 0 Å². The monoisotopic (exact) mass is 299 g/mol. The molecule has 2 aliphatic rings. The zero-order valence-electron chi connectivity index (χ0n) is 11.6. The van der Waals surface area contributed by atoms with Gasteiger partial charge in [-0.05, 0) is 31.9 Å². The molecule has 0 radical (unpaired) electrons.